The van der Waals surface area contributed by atoms with Crippen LogP contribution in [0.1, 0.15) is 11.1 Å². The van der Waals surface area contributed by atoms with Gasteiger partial charge in [-0.1, -0.05) is 18.2 Å². The summed E-state index contributed by atoms with van der Waals surface area (Å²) in [6, 6.07) is 17.7. The topological polar surface area (TPSA) is 55.9 Å². The molecule has 0 fully saturated rings. The van der Waals surface area contributed by atoms with Gasteiger partial charge < -0.3 is 24.4 Å². The highest BCUT2D eigenvalue weighted by atomic mass is 32.1. The maximum Gasteiger partial charge on any atom is 0.231 e. The summed E-state index contributed by atoms with van der Waals surface area (Å²) in [6.07, 6.45) is 3.60. The molecule has 6 nitrogen and oxygen atoms in total. The summed E-state index contributed by atoms with van der Waals surface area (Å²) in [5, 5.41) is 3.96. The Morgan fingerprint density at radius 3 is 2.69 bits per heavy atom. The van der Waals surface area contributed by atoms with Gasteiger partial charge in [0.05, 0.1) is 13.7 Å². The average Bonchev–Trinajstić information content (AvgIpc) is 3.25. The maximum atomic E-state index is 5.73. The molecule has 148 valence electrons. The Morgan fingerprint density at radius 2 is 1.93 bits per heavy atom. The first-order chi connectivity index (χ1) is 14.2. The van der Waals surface area contributed by atoms with E-state index in [1.807, 2.05) is 65.7 Å². The van der Waals surface area contributed by atoms with Crippen molar-refractivity contribution < 1.29 is 14.2 Å². The van der Waals surface area contributed by atoms with Gasteiger partial charge >= 0.3 is 0 Å². The minimum absolute atomic E-state index is 0.238. The van der Waals surface area contributed by atoms with Gasteiger partial charge in [0.25, 0.3) is 0 Å². The lowest BCUT2D eigenvalue weighted by atomic mass is 10.2. The van der Waals surface area contributed by atoms with Crippen LogP contribution in [0.3, 0.4) is 0 Å². The molecule has 0 spiro atoms. The van der Waals surface area contributed by atoms with Crippen molar-refractivity contribution in [2.24, 2.45) is 0 Å². The molecular formula is C22H21N3O3S. The number of rotatable bonds is 6. The number of pyridine rings is 1. The Labute approximate surface area is 175 Å². The molecule has 0 radical (unpaired) electrons. The number of anilines is 1. The molecule has 0 atom stereocenters. The van der Waals surface area contributed by atoms with Gasteiger partial charge in [-0.25, -0.2) is 0 Å². The zero-order chi connectivity index (χ0) is 20.1. The van der Waals surface area contributed by atoms with Crippen LogP contribution in [0, 0.1) is 0 Å². The monoisotopic (exact) mass is 407 g/mol. The molecule has 0 saturated carbocycles. The van der Waals surface area contributed by atoms with Gasteiger partial charge in [-0.05, 0) is 53.7 Å². The van der Waals surface area contributed by atoms with Crippen molar-refractivity contribution in [3.63, 3.8) is 0 Å². The third kappa shape index (κ3) is 4.57. The Hall–Kier alpha value is -3.32. The molecular weight excluding hydrogens is 386 g/mol. The van der Waals surface area contributed by atoms with Crippen LogP contribution in [0.5, 0.6) is 17.2 Å². The molecule has 1 aliphatic rings. The van der Waals surface area contributed by atoms with Crippen molar-refractivity contribution in [1.82, 2.24) is 10.3 Å². The lowest BCUT2D eigenvalue weighted by Crippen LogP contribution is -2.39. The summed E-state index contributed by atoms with van der Waals surface area (Å²) >= 11 is 5.73. The summed E-state index contributed by atoms with van der Waals surface area (Å²) in [5.74, 6) is 2.29. The second kappa shape index (κ2) is 8.79. The first-order valence-electron chi connectivity index (χ1n) is 9.20. The smallest absolute Gasteiger partial charge is 0.231 e. The van der Waals surface area contributed by atoms with Crippen molar-refractivity contribution in [1.29, 1.82) is 0 Å². The number of benzene rings is 2. The number of ether oxygens (including phenoxy) is 3. The van der Waals surface area contributed by atoms with Crippen molar-refractivity contribution in [3.05, 3.63) is 78.1 Å². The first-order valence-corrected chi connectivity index (χ1v) is 9.60. The fraction of sp³-hybridized carbons (Fsp3) is 0.182. The number of fused-ring (bicyclic) bond motifs is 1. The molecule has 3 aromatic rings. The van der Waals surface area contributed by atoms with Crippen molar-refractivity contribution in [2.75, 3.05) is 18.8 Å². The standard InChI is InChI=1S/C22H21N3O3S/c1-26-19-7-4-16(5-8-19)13-24-22(29)25(14-17-3-2-10-23-12-17)18-6-9-20-21(11-18)28-15-27-20/h2-12H,13-15H2,1H3,(H,24,29). The van der Waals surface area contributed by atoms with Gasteiger partial charge in [0.15, 0.2) is 16.6 Å². The molecule has 0 unspecified atom stereocenters. The molecule has 1 aromatic heterocycles. The second-order valence-electron chi connectivity index (χ2n) is 6.49. The second-order valence-corrected chi connectivity index (χ2v) is 6.88. The number of nitrogens with zero attached hydrogens (tertiary/aromatic N) is 2. The first kappa shape index (κ1) is 19.0. The minimum atomic E-state index is 0.238. The van der Waals surface area contributed by atoms with Gasteiger partial charge in [-0.3, -0.25) is 4.98 Å². The molecule has 29 heavy (non-hydrogen) atoms. The molecule has 0 amide bonds. The van der Waals surface area contributed by atoms with Crippen LogP contribution < -0.4 is 24.4 Å². The predicted molar refractivity (Wildman–Crippen MR) is 115 cm³/mol. The number of methoxy groups -OCH3 is 1. The van der Waals surface area contributed by atoms with E-state index in [0.29, 0.717) is 18.2 Å². The van der Waals surface area contributed by atoms with E-state index in [-0.39, 0.29) is 6.79 Å². The summed E-state index contributed by atoms with van der Waals surface area (Å²) < 4.78 is 16.2. The maximum absolute atomic E-state index is 5.73. The Morgan fingerprint density at radius 1 is 1.10 bits per heavy atom. The summed E-state index contributed by atoms with van der Waals surface area (Å²) in [5.41, 5.74) is 3.09. The third-order valence-electron chi connectivity index (χ3n) is 4.58. The van der Waals surface area contributed by atoms with Crippen LogP contribution in [-0.4, -0.2) is 24.0 Å². The van der Waals surface area contributed by atoms with Crippen LogP contribution in [0.2, 0.25) is 0 Å². The predicted octanol–water partition coefficient (Wildman–Crippen LogP) is 3.90. The lowest BCUT2D eigenvalue weighted by molar-refractivity contribution is 0.174. The van der Waals surface area contributed by atoms with Crippen LogP contribution in [-0.2, 0) is 13.1 Å². The van der Waals surface area contributed by atoms with Gasteiger partial charge in [-0.2, -0.15) is 0 Å². The Bertz CT molecular complexity index is 980. The van der Waals surface area contributed by atoms with E-state index in [0.717, 1.165) is 34.1 Å². The Balaban J connectivity index is 1.53. The number of hydrogen-bond acceptors (Lipinski definition) is 5. The van der Waals surface area contributed by atoms with E-state index in [1.165, 1.54) is 0 Å². The van der Waals surface area contributed by atoms with Gasteiger partial charge in [-0.15, -0.1) is 0 Å². The van der Waals surface area contributed by atoms with E-state index >= 15 is 0 Å². The van der Waals surface area contributed by atoms with E-state index in [2.05, 4.69) is 10.3 Å². The molecule has 0 saturated heterocycles. The molecule has 1 N–H and O–H groups in total. The molecule has 0 bridgehead atoms. The molecule has 0 aliphatic carbocycles. The number of hydrogen-bond donors (Lipinski definition) is 1. The molecule has 4 rings (SSSR count). The zero-order valence-electron chi connectivity index (χ0n) is 16.0. The average molecular weight is 407 g/mol. The van der Waals surface area contributed by atoms with Crippen LogP contribution in [0.4, 0.5) is 5.69 Å². The minimum Gasteiger partial charge on any atom is -0.497 e. The van der Waals surface area contributed by atoms with E-state index in [1.54, 1.807) is 13.3 Å². The fourth-order valence-corrected chi connectivity index (χ4v) is 3.27. The Kier molecular flexibility index (Phi) is 5.76. The van der Waals surface area contributed by atoms with Crippen LogP contribution >= 0.6 is 12.2 Å². The number of thiocarbonyl (C=S) groups is 1. The van der Waals surface area contributed by atoms with Gasteiger partial charge in [0.1, 0.15) is 5.75 Å². The normalized spacial score (nSPS) is 11.8. The summed E-state index contributed by atoms with van der Waals surface area (Å²) in [4.78, 5) is 6.24. The SMILES string of the molecule is COc1ccc(CNC(=S)N(Cc2cccnc2)c2ccc3c(c2)OCO3)cc1. The largest absolute Gasteiger partial charge is 0.497 e. The highest BCUT2D eigenvalue weighted by Gasteiger charge is 2.19. The van der Waals surface area contributed by atoms with E-state index in [4.69, 9.17) is 26.4 Å². The fourth-order valence-electron chi connectivity index (χ4n) is 3.02. The van der Waals surface area contributed by atoms with Gasteiger partial charge in [0, 0.05) is 30.7 Å². The molecule has 2 heterocycles. The summed E-state index contributed by atoms with van der Waals surface area (Å²) in [7, 11) is 1.66. The van der Waals surface area contributed by atoms with Gasteiger partial charge in [0.2, 0.25) is 6.79 Å². The third-order valence-corrected chi connectivity index (χ3v) is 4.94. The number of aromatic nitrogens is 1. The van der Waals surface area contributed by atoms with Crippen molar-refractivity contribution >= 4 is 23.0 Å². The van der Waals surface area contributed by atoms with Crippen molar-refractivity contribution in [3.8, 4) is 17.2 Å². The quantitative estimate of drug-likeness (QED) is 0.622. The lowest BCUT2D eigenvalue weighted by Gasteiger charge is -2.26. The van der Waals surface area contributed by atoms with Crippen LogP contribution in [0.25, 0.3) is 0 Å². The highest BCUT2D eigenvalue weighted by molar-refractivity contribution is 7.80. The molecule has 1 aliphatic heterocycles. The van der Waals surface area contributed by atoms with E-state index in [9.17, 15) is 0 Å². The highest BCUT2D eigenvalue weighted by Crippen LogP contribution is 2.36. The molecule has 2 aromatic carbocycles. The number of nitrogens with one attached hydrogen (secondary N) is 1. The molecule has 7 heteroatoms. The van der Waals surface area contributed by atoms with Crippen molar-refractivity contribution in [2.45, 2.75) is 13.1 Å². The van der Waals surface area contributed by atoms with E-state index < -0.39 is 0 Å². The van der Waals surface area contributed by atoms with Crippen LogP contribution in [0.15, 0.2) is 67.0 Å². The summed E-state index contributed by atoms with van der Waals surface area (Å²) in [6.45, 7) is 1.43. The zero-order valence-corrected chi connectivity index (χ0v) is 16.8.